The Morgan fingerprint density at radius 3 is 2.00 bits per heavy atom. The van der Waals surface area contributed by atoms with Crippen molar-refractivity contribution in [1.82, 2.24) is 16.0 Å². The molecule has 0 fully saturated rings. The Morgan fingerprint density at radius 1 is 1.03 bits per heavy atom. The van der Waals surface area contributed by atoms with Gasteiger partial charge in [0.05, 0.1) is 0 Å². The van der Waals surface area contributed by atoms with E-state index in [1.165, 1.54) is 6.92 Å². The van der Waals surface area contributed by atoms with Gasteiger partial charge < -0.3 is 37.0 Å². The van der Waals surface area contributed by atoms with Crippen LogP contribution < -0.4 is 21.7 Å². The molecule has 32 heavy (non-hydrogen) atoms. The van der Waals surface area contributed by atoms with E-state index in [-0.39, 0.29) is 30.3 Å². The van der Waals surface area contributed by atoms with Crippen molar-refractivity contribution in [3.63, 3.8) is 0 Å². The quantitative estimate of drug-likeness (QED) is 0.0718. The van der Waals surface area contributed by atoms with Crippen molar-refractivity contribution in [3.8, 4) is 0 Å². The number of carbonyl (C=O) groups excluding carboxylic acids is 3. The molecule has 17 heteroatoms. The average molecular weight is 500 g/mol. The van der Waals surface area contributed by atoms with Crippen LogP contribution in [-0.2, 0) is 28.8 Å². The molecule has 0 spiro atoms. The highest BCUT2D eigenvalue weighted by atomic mass is 32.2. The number of rotatable bonds is 14. The molecule has 0 rings (SSSR count). The standard InChI is InChI=1S/C10H16N4O7S.C5H9NO3S/c11-5(10(19)20)1-2-7(15)13-6(4-22-14-21)9(18)12-3-8(16)17;1-3(7)6-4(2-10)5(8)9/h5-6H,1-4,11H2,(H,12,18)(H,13,15)(H,16,17)(H,19,20);4,10H,2H2,1H3,(H,6,7)(H,8,9). The lowest BCUT2D eigenvalue weighted by Crippen LogP contribution is -2.49. The molecule has 0 saturated heterocycles. The highest BCUT2D eigenvalue weighted by molar-refractivity contribution is 7.97. The van der Waals surface area contributed by atoms with E-state index in [1.807, 2.05) is 0 Å². The van der Waals surface area contributed by atoms with Gasteiger partial charge in [-0.3, -0.25) is 24.0 Å². The van der Waals surface area contributed by atoms with Gasteiger partial charge >= 0.3 is 17.9 Å². The van der Waals surface area contributed by atoms with E-state index in [4.69, 9.17) is 21.1 Å². The van der Waals surface area contributed by atoms with Gasteiger partial charge in [0.15, 0.2) is 0 Å². The molecule has 3 amide bonds. The lowest BCUT2D eigenvalue weighted by molar-refractivity contribution is -0.141. The van der Waals surface area contributed by atoms with Crippen molar-refractivity contribution in [2.75, 3.05) is 18.1 Å². The molecular weight excluding hydrogens is 474 g/mol. The van der Waals surface area contributed by atoms with E-state index in [0.29, 0.717) is 11.9 Å². The number of carboxylic acids is 3. The fraction of sp³-hybridized carbons (Fsp3) is 0.600. The normalized spacial score (nSPS) is 12.6. The van der Waals surface area contributed by atoms with Crippen LogP contribution in [0.2, 0.25) is 0 Å². The summed E-state index contributed by atoms with van der Waals surface area (Å²) >= 11 is 4.21. The van der Waals surface area contributed by atoms with Gasteiger partial charge in [0.25, 0.3) is 0 Å². The maximum atomic E-state index is 11.7. The number of carboxylic acid groups (broad SMARTS) is 3. The van der Waals surface area contributed by atoms with Gasteiger partial charge in [-0.2, -0.15) is 12.6 Å². The smallest absolute Gasteiger partial charge is 0.327 e. The predicted octanol–water partition coefficient (Wildman–Crippen LogP) is -2.22. The first-order valence-electron chi connectivity index (χ1n) is 8.68. The molecule has 8 N–H and O–H groups in total. The number of carbonyl (C=O) groups is 6. The third-order valence-electron chi connectivity index (χ3n) is 3.22. The molecule has 0 aromatic rings. The van der Waals surface area contributed by atoms with Gasteiger partial charge in [-0.05, 0) is 6.42 Å². The van der Waals surface area contributed by atoms with Crippen LogP contribution in [0.3, 0.4) is 0 Å². The largest absolute Gasteiger partial charge is 0.480 e. The first-order valence-corrected chi connectivity index (χ1v) is 10.3. The van der Waals surface area contributed by atoms with Crippen LogP contribution in [0.5, 0.6) is 0 Å². The lowest BCUT2D eigenvalue weighted by atomic mass is 10.1. The summed E-state index contributed by atoms with van der Waals surface area (Å²) < 4.78 is 2.48. The summed E-state index contributed by atoms with van der Waals surface area (Å²) in [5.41, 5.74) is 5.23. The summed E-state index contributed by atoms with van der Waals surface area (Å²) in [5.74, 6) is -5.49. The lowest BCUT2D eigenvalue weighted by Gasteiger charge is -2.16. The van der Waals surface area contributed by atoms with Crippen LogP contribution >= 0.6 is 24.6 Å². The minimum Gasteiger partial charge on any atom is -0.480 e. The number of nitrogens with two attached hydrogens (primary N) is 1. The zero-order valence-corrected chi connectivity index (χ0v) is 18.6. The van der Waals surface area contributed by atoms with Gasteiger partial charge in [-0.1, -0.05) is 0 Å². The molecule has 0 heterocycles. The third-order valence-corrected chi connectivity index (χ3v) is 4.17. The van der Waals surface area contributed by atoms with Crippen LogP contribution in [0.4, 0.5) is 0 Å². The molecule has 0 aliphatic carbocycles. The Hall–Kier alpha value is -2.92. The number of hydrogen-bond acceptors (Lipinski definition) is 11. The van der Waals surface area contributed by atoms with Gasteiger partial charge in [0, 0.05) is 41.4 Å². The predicted molar refractivity (Wildman–Crippen MR) is 115 cm³/mol. The van der Waals surface area contributed by atoms with E-state index in [9.17, 15) is 33.7 Å². The Bertz CT molecular complexity index is 694. The molecular formula is C15H25N5O10S2. The Labute approximate surface area is 191 Å². The maximum Gasteiger partial charge on any atom is 0.327 e. The fourth-order valence-corrected chi connectivity index (χ4v) is 2.37. The van der Waals surface area contributed by atoms with Crippen LogP contribution in [0.25, 0.3) is 0 Å². The third kappa shape index (κ3) is 16.8. The van der Waals surface area contributed by atoms with Gasteiger partial charge in [-0.25, -0.2) is 4.79 Å². The molecule has 0 aliphatic heterocycles. The Morgan fingerprint density at radius 2 is 1.62 bits per heavy atom. The SMILES string of the molecule is CC(=O)NC(CS)C(=O)O.NC(CCC(=O)NC(CSN=O)C(=O)NCC(=O)O)C(=O)O. The van der Waals surface area contributed by atoms with Crippen LogP contribution in [0, 0.1) is 4.91 Å². The highest BCUT2D eigenvalue weighted by Gasteiger charge is 2.22. The van der Waals surface area contributed by atoms with Crippen molar-refractivity contribution in [3.05, 3.63) is 4.91 Å². The number of hydrogen-bond donors (Lipinski definition) is 8. The zero-order chi connectivity index (χ0) is 25.3. The minimum atomic E-state index is -1.27. The average Bonchev–Trinajstić information content (AvgIpc) is 2.71. The van der Waals surface area contributed by atoms with Gasteiger partial charge in [0.2, 0.25) is 17.7 Å². The van der Waals surface area contributed by atoms with Gasteiger partial charge in [0.1, 0.15) is 24.7 Å². The number of thiol groups is 1. The number of nitrogens with zero attached hydrogens (tertiary/aromatic N) is 1. The summed E-state index contributed by atoms with van der Waals surface area (Å²) in [7, 11) is 0. The maximum absolute atomic E-state index is 11.7. The zero-order valence-electron chi connectivity index (χ0n) is 16.8. The molecule has 0 bridgehead atoms. The van der Waals surface area contributed by atoms with E-state index in [2.05, 4.69) is 33.2 Å². The number of nitroso groups, excluding NO2 is 1. The van der Waals surface area contributed by atoms with E-state index < -0.39 is 54.4 Å². The second kappa shape index (κ2) is 17.7. The molecule has 182 valence electrons. The molecule has 0 aromatic heterocycles. The monoisotopic (exact) mass is 499 g/mol. The van der Waals surface area contributed by atoms with E-state index in [1.54, 1.807) is 0 Å². The van der Waals surface area contributed by atoms with Crippen LogP contribution in [0.1, 0.15) is 19.8 Å². The first kappa shape index (κ1) is 31.3. The number of amides is 3. The van der Waals surface area contributed by atoms with Crippen LogP contribution in [-0.4, -0.2) is 87.1 Å². The molecule has 15 nitrogen and oxygen atoms in total. The molecule has 3 unspecified atom stereocenters. The molecule has 0 saturated carbocycles. The van der Waals surface area contributed by atoms with Crippen molar-refractivity contribution in [1.29, 1.82) is 0 Å². The second-order valence-electron chi connectivity index (χ2n) is 5.86. The minimum absolute atomic E-state index is 0.106. The molecule has 0 aromatic carbocycles. The second-order valence-corrected chi connectivity index (χ2v) is 6.97. The molecule has 0 aliphatic rings. The Kier molecular flexibility index (Phi) is 17.3. The fourth-order valence-electron chi connectivity index (χ4n) is 1.68. The topological polar surface area (TPSA) is 255 Å². The summed E-state index contributed by atoms with van der Waals surface area (Å²) in [6.45, 7) is 0.619. The first-order chi connectivity index (χ1) is 14.8. The summed E-state index contributed by atoms with van der Waals surface area (Å²) in [6.07, 6.45) is -0.376. The van der Waals surface area contributed by atoms with Crippen molar-refractivity contribution in [2.45, 2.75) is 37.9 Å². The molecule has 3 atom stereocenters. The van der Waals surface area contributed by atoms with Crippen molar-refractivity contribution >= 4 is 60.2 Å². The van der Waals surface area contributed by atoms with Crippen LogP contribution in [0.15, 0.2) is 4.58 Å². The van der Waals surface area contributed by atoms with E-state index >= 15 is 0 Å². The summed E-state index contributed by atoms with van der Waals surface area (Å²) in [6, 6.07) is -3.26. The Balaban J connectivity index is 0. The van der Waals surface area contributed by atoms with E-state index in [0.717, 1.165) is 0 Å². The van der Waals surface area contributed by atoms with Crippen molar-refractivity contribution in [2.24, 2.45) is 10.3 Å². The number of nitrogens with one attached hydrogen (secondary N) is 3. The number of aliphatic carboxylic acids is 3. The molecule has 0 radical (unpaired) electrons. The highest BCUT2D eigenvalue weighted by Crippen LogP contribution is 2.05. The van der Waals surface area contributed by atoms with Crippen molar-refractivity contribution < 1.29 is 44.1 Å². The summed E-state index contributed by atoms with van der Waals surface area (Å²) in [4.78, 5) is 74.7. The summed E-state index contributed by atoms with van der Waals surface area (Å²) in [5, 5.41) is 31.9. The van der Waals surface area contributed by atoms with Gasteiger partial charge in [-0.15, -0.1) is 4.91 Å².